The van der Waals surface area contributed by atoms with E-state index >= 15 is 0 Å². The van der Waals surface area contributed by atoms with Crippen molar-refractivity contribution in [1.82, 2.24) is 0 Å². The molecular formula is C10H14NO2S+. The minimum absolute atomic E-state index is 0.510. The van der Waals surface area contributed by atoms with Gasteiger partial charge in [0.05, 0.1) is 19.9 Å². The van der Waals surface area contributed by atoms with Crippen LogP contribution in [0.4, 0.5) is 0 Å². The van der Waals surface area contributed by atoms with Crippen LogP contribution in [-0.4, -0.2) is 23.4 Å². The van der Waals surface area contributed by atoms with Crippen molar-refractivity contribution in [2.24, 2.45) is 0 Å². The normalized spacial score (nSPS) is 14.6. The van der Waals surface area contributed by atoms with E-state index in [1.807, 2.05) is 24.3 Å². The molecule has 0 aromatic heterocycles. The average molecular weight is 212 g/mol. The smallest absolute Gasteiger partial charge is 0.176 e. The molecule has 0 saturated heterocycles. The highest BCUT2D eigenvalue weighted by Crippen LogP contribution is 2.25. The van der Waals surface area contributed by atoms with Gasteiger partial charge in [-0.05, 0) is 30.8 Å². The summed E-state index contributed by atoms with van der Waals surface area (Å²) in [5.74, 6) is 0.771. The average Bonchev–Trinajstić information content (AvgIpc) is 2.15. The summed E-state index contributed by atoms with van der Waals surface area (Å²) in [7, 11) is 3.13. The maximum absolute atomic E-state index is 9.54. The van der Waals surface area contributed by atoms with E-state index in [1.165, 1.54) is 7.05 Å². The maximum Gasteiger partial charge on any atom is 0.176 e. The van der Waals surface area contributed by atoms with Crippen LogP contribution in [0.3, 0.4) is 0 Å². The van der Waals surface area contributed by atoms with Crippen molar-refractivity contribution in [1.29, 1.82) is 0 Å². The van der Waals surface area contributed by atoms with Crippen molar-refractivity contribution in [3.8, 4) is 5.75 Å². The molecule has 1 aromatic rings. The number of hydroxylamine groups is 2. The van der Waals surface area contributed by atoms with Gasteiger partial charge < -0.3 is 4.74 Å². The highest BCUT2D eigenvalue weighted by Gasteiger charge is 2.20. The monoisotopic (exact) mass is 212 g/mol. The second-order valence-electron chi connectivity index (χ2n) is 3.09. The Bertz CT molecular complexity index is 327. The highest BCUT2D eigenvalue weighted by atomic mass is 32.1. The molecule has 0 saturated carbocycles. The van der Waals surface area contributed by atoms with Gasteiger partial charge in [0, 0.05) is 5.56 Å². The summed E-state index contributed by atoms with van der Waals surface area (Å²) in [6, 6.07) is 7.27. The second kappa shape index (κ2) is 4.04. The first kappa shape index (κ1) is 11.1. The zero-order valence-corrected chi connectivity index (χ0v) is 9.16. The number of methoxy groups -OCH3 is 1. The number of nitrogens with zero attached hydrogens (tertiary/aromatic N) is 1. The van der Waals surface area contributed by atoms with E-state index in [0.717, 1.165) is 11.3 Å². The van der Waals surface area contributed by atoms with E-state index in [-0.39, 0.29) is 0 Å². The third-order valence-electron chi connectivity index (χ3n) is 1.93. The van der Waals surface area contributed by atoms with Gasteiger partial charge in [-0.15, -0.1) is 0 Å². The number of ether oxygens (including phenoxy) is 1. The van der Waals surface area contributed by atoms with Crippen molar-refractivity contribution >= 4 is 18.5 Å². The number of quaternary nitrogens is 1. The molecule has 0 heterocycles. The fourth-order valence-corrected chi connectivity index (χ4v) is 1.14. The number of hydrogen-bond acceptors (Lipinski definition) is 3. The van der Waals surface area contributed by atoms with Crippen LogP contribution in [0.2, 0.25) is 0 Å². The molecule has 4 heteroatoms. The van der Waals surface area contributed by atoms with Crippen molar-refractivity contribution in [3.05, 3.63) is 36.4 Å². The van der Waals surface area contributed by atoms with E-state index in [1.54, 1.807) is 7.11 Å². The SMILES string of the molecule is C=C(c1ccc(OC)cc1)[N+](C)(O)S. The third kappa shape index (κ3) is 2.51. The Morgan fingerprint density at radius 2 is 1.93 bits per heavy atom. The Kier molecular flexibility index (Phi) is 3.21. The van der Waals surface area contributed by atoms with E-state index in [9.17, 15) is 5.21 Å². The van der Waals surface area contributed by atoms with Gasteiger partial charge in [-0.25, -0.2) is 0 Å². The Morgan fingerprint density at radius 1 is 1.43 bits per heavy atom. The first-order valence-electron chi connectivity index (χ1n) is 4.11. The molecule has 0 spiro atoms. The fourth-order valence-electron chi connectivity index (χ4n) is 1.03. The van der Waals surface area contributed by atoms with Gasteiger partial charge in [0.25, 0.3) is 0 Å². The van der Waals surface area contributed by atoms with E-state index < -0.39 is 4.05 Å². The topological polar surface area (TPSA) is 29.5 Å². The van der Waals surface area contributed by atoms with Gasteiger partial charge >= 0.3 is 0 Å². The molecule has 0 aliphatic heterocycles. The van der Waals surface area contributed by atoms with Gasteiger partial charge in [-0.2, -0.15) is 5.21 Å². The lowest BCUT2D eigenvalue weighted by Crippen LogP contribution is -2.25. The van der Waals surface area contributed by atoms with E-state index in [4.69, 9.17) is 4.74 Å². The molecule has 1 unspecified atom stereocenters. The molecule has 3 nitrogen and oxygen atoms in total. The summed E-state index contributed by atoms with van der Waals surface area (Å²) in [5, 5.41) is 9.54. The van der Waals surface area contributed by atoms with Gasteiger partial charge in [-0.1, -0.05) is 4.05 Å². The fraction of sp³-hybridized carbons (Fsp3) is 0.200. The molecule has 0 bridgehead atoms. The zero-order chi connectivity index (χ0) is 10.8. The molecule has 1 atom stereocenters. The van der Waals surface area contributed by atoms with Crippen LogP contribution in [0.1, 0.15) is 5.56 Å². The lowest BCUT2D eigenvalue weighted by molar-refractivity contribution is -0.911. The molecule has 1 aromatic carbocycles. The Morgan fingerprint density at radius 3 is 2.29 bits per heavy atom. The van der Waals surface area contributed by atoms with Gasteiger partial charge in [0.1, 0.15) is 12.8 Å². The summed E-state index contributed by atoms with van der Waals surface area (Å²) in [4.78, 5) is 0. The lowest BCUT2D eigenvalue weighted by Gasteiger charge is -2.18. The van der Waals surface area contributed by atoms with Crippen LogP contribution >= 0.6 is 12.8 Å². The number of hydrogen-bond donors (Lipinski definition) is 2. The summed E-state index contributed by atoms with van der Waals surface area (Å²) in [6.07, 6.45) is 0. The molecule has 14 heavy (non-hydrogen) atoms. The first-order chi connectivity index (χ1) is 6.45. The van der Waals surface area contributed by atoms with Crippen LogP contribution in [0.15, 0.2) is 30.8 Å². The number of benzene rings is 1. The van der Waals surface area contributed by atoms with Crippen molar-refractivity contribution in [3.63, 3.8) is 0 Å². The molecule has 0 fully saturated rings. The highest BCUT2D eigenvalue weighted by molar-refractivity contribution is 7.74. The van der Waals surface area contributed by atoms with Gasteiger partial charge in [0.15, 0.2) is 5.70 Å². The van der Waals surface area contributed by atoms with Crippen LogP contribution in [0.25, 0.3) is 5.70 Å². The molecule has 0 aliphatic rings. The molecule has 1 N–H and O–H groups in total. The van der Waals surface area contributed by atoms with Crippen molar-refractivity contribution in [2.45, 2.75) is 0 Å². The summed E-state index contributed by atoms with van der Waals surface area (Å²) in [6.45, 7) is 3.76. The Balaban J connectivity index is 2.93. The summed E-state index contributed by atoms with van der Waals surface area (Å²) < 4.78 is 4.45. The molecule has 76 valence electrons. The Labute approximate surface area is 89.3 Å². The predicted molar refractivity (Wildman–Crippen MR) is 59.0 cm³/mol. The first-order valence-corrected chi connectivity index (χ1v) is 4.51. The van der Waals surface area contributed by atoms with Gasteiger partial charge in [0.2, 0.25) is 0 Å². The summed E-state index contributed by atoms with van der Waals surface area (Å²) >= 11 is 3.97. The van der Waals surface area contributed by atoms with Crippen LogP contribution in [-0.2, 0) is 0 Å². The van der Waals surface area contributed by atoms with E-state index in [0.29, 0.717) is 5.70 Å². The molecule has 0 radical (unpaired) electrons. The van der Waals surface area contributed by atoms with E-state index in [2.05, 4.69) is 19.4 Å². The second-order valence-corrected chi connectivity index (χ2v) is 3.87. The zero-order valence-electron chi connectivity index (χ0n) is 8.27. The largest absolute Gasteiger partial charge is 0.497 e. The van der Waals surface area contributed by atoms with Gasteiger partial charge in [-0.3, -0.25) is 0 Å². The maximum atomic E-state index is 9.54. The summed E-state index contributed by atoms with van der Waals surface area (Å²) in [5.41, 5.74) is 1.33. The minimum Gasteiger partial charge on any atom is -0.497 e. The molecule has 0 amide bonds. The van der Waals surface area contributed by atoms with Crippen LogP contribution < -0.4 is 4.74 Å². The van der Waals surface area contributed by atoms with Crippen molar-refractivity contribution < 1.29 is 14.0 Å². The number of rotatable bonds is 3. The van der Waals surface area contributed by atoms with Crippen LogP contribution in [0, 0.1) is 0 Å². The van der Waals surface area contributed by atoms with Crippen LogP contribution in [0.5, 0.6) is 5.75 Å². The Hall–Kier alpha value is -0.970. The van der Waals surface area contributed by atoms with Crippen molar-refractivity contribution in [2.75, 3.05) is 14.2 Å². The standard InChI is InChI=1S/C10H14NO2S/c1-8(11(2,12)14)9-4-6-10(13-3)7-5-9/h4-7,12,14H,1H2,2-3H3/q+1. The molecule has 1 rings (SSSR count). The minimum atomic E-state index is -0.563. The third-order valence-corrected chi connectivity index (χ3v) is 2.18. The lowest BCUT2D eigenvalue weighted by atomic mass is 10.1. The molecule has 0 aliphatic carbocycles. The molecular weight excluding hydrogens is 198 g/mol. The predicted octanol–water partition coefficient (Wildman–Crippen LogP) is 2.35. The quantitative estimate of drug-likeness (QED) is 0.457. The number of thiol groups is 1.